The molecule has 0 amide bonds. The molecule has 112 valence electrons. The number of thioether (sulfide) groups is 1. The average Bonchev–Trinajstić information content (AvgIpc) is 3.10. The van der Waals surface area contributed by atoms with Crippen LogP contribution in [0.3, 0.4) is 0 Å². The topological polar surface area (TPSA) is 68.0 Å². The Labute approximate surface area is 127 Å². The summed E-state index contributed by atoms with van der Waals surface area (Å²) in [5.74, 6) is 0.0364. The van der Waals surface area contributed by atoms with Crippen molar-refractivity contribution in [2.75, 3.05) is 5.75 Å². The van der Waals surface area contributed by atoms with Crippen molar-refractivity contribution in [3.63, 3.8) is 0 Å². The van der Waals surface area contributed by atoms with E-state index in [0.29, 0.717) is 0 Å². The minimum atomic E-state index is -0.812. The number of aliphatic carboxylic acids is 1. The molecule has 0 spiro atoms. The molecule has 2 aromatic heterocycles. The molecule has 2 aromatic rings. The molecule has 1 saturated carbocycles. The number of aryl methyl sites for hydroxylation is 1. The minimum absolute atomic E-state index is 0.0418. The van der Waals surface area contributed by atoms with E-state index < -0.39 is 5.97 Å². The van der Waals surface area contributed by atoms with Gasteiger partial charge in [-0.25, -0.2) is 4.98 Å². The molecule has 0 aliphatic heterocycles. The number of fused-ring (bicyclic) bond motifs is 1. The minimum Gasteiger partial charge on any atom is -0.481 e. The highest BCUT2D eigenvalue weighted by molar-refractivity contribution is 7.99. The lowest BCUT2D eigenvalue weighted by molar-refractivity contribution is -0.133. The van der Waals surface area contributed by atoms with E-state index in [1.807, 2.05) is 6.07 Å². The van der Waals surface area contributed by atoms with Crippen molar-refractivity contribution in [1.29, 1.82) is 0 Å². The summed E-state index contributed by atoms with van der Waals surface area (Å²) >= 11 is 1.29. The van der Waals surface area contributed by atoms with Gasteiger partial charge >= 0.3 is 5.97 Å². The molecule has 21 heavy (non-hydrogen) atoms. The maximum absolute atomic E-state index is 10.8. The normalized spacial score (nSPS) is 15.8. The molecule has 0 saturated heterocycles. The van der Waals surface area contributed by atoms with Gasteiger partial charge < -0.3 is 9.67 Å². The number of rotatable bonds is 6. The zero-order chi connectivity index (χ0) is 14.7. The van der Waals surface area contributed by atoms with Crippen LogP contribution in [0.2, 0.25) is 0 Å². The molecular weight excluding hydrogens is 286 g/mol. The van der Waals surface area contributed by atoms with Crippen molar-refractivity contribution < 1.29 is 9.90 Å². The molecule has 1 aliphatic carbocycles. The van der Waals surface area contributed by atoms with Crippen molar-refractivity contribution in [1.82, 2.24) is 14.5 Å². The van der Waals surface area contributed by atoms with Gasteiger partial charge in [0.25, 0.3) is 0 Å². The van der Waals surface area contributed by atoms with E-state index in [1.165, 1.54) is 37.4 Å². The fraction of sp³-hybridized carbons (Fsp3) is 0.533. The van der Waals surface area contributed by atoms with Gasteiger partial charge in [0.15, 0.2) is 5.16 Å². The van der Waals surface area contributed by atoms with Gasteiger partial charge in [-0.05, 0) is 18.4 Å². The van der Waals surface area contributed by atoms with Crippen LogP contribution >= 0.6 is 11.8 Å². The summed E-state index contributed by atoms with van der Waals surface area (Å²) < 4.78 is 2.16. The highest BCUT2D eigenvalue weighted by atomic mass is 32.2. The first-order chi connectivity index (χ1) is 10.2. The van der Waals surface area contributed by atoms with Gasteiger partial charge in [0, 0.05) is 12.7 Å². The van der Waals surface area contributed by atoms with E-state index in [4.69, 9.17) is 5.11 Å². The Balaban J connectivity index is 1.81. The highest BCUT2D eigenvalue weighted by Crippen LogP contribution is 2.30. The lowest BCUT2D eigenvalue weighted by atomic mass is 10.0. The molecule has 1 N–H and O–H groups in total. The molecule has 0 bridgehead atoms. The fourth-order valence-electron chi connectivity index (χ4n) is 3.02. The van der Waals surface area contributed by atoms with Gasteiger partial charge in [-0.1, -0.05) is 37.4 Å². The molecule has 1 aliphatic rings. The molecule has 0 radical (unpaired) electrons. The van der Waals surface area contributed by atoms with Crippen LogP contribution in [0, 0.1) is 5.92 Å². The van der Waals surface area contributed by atoms with Gasteiger partial charge in [-0.3, -0.25) is 9.78 Å². The van der Waals surface area contributed by atoms with E-state index in [2.05, 4.69) is 14.5 Å². The van der Waals surface area contributed by atoms with Crippen molar-refractivity contribution in [3.8, 4) is 0 Å². The van der Waals surface area contributed by atoms with E-state index >= 15 is 0 Å². The van der Waals surface area contributed by atoms with Crippen molar-refractivity contribution in [2.24, 2.45) is 5.92 Å². The van der Waals surface area contributed by atoms with Crippen LogP contribution < -0.4 is 0 Å². The number of hydrogen-bond acceptors (Lipinski definition) is 4. The van der Waals surface area contributed by atoms with Gasteiger partial charge in [-0.2, -0.15) is 0 Å². The molecule has 5 nitrogen and oxygen atoms in total. The van der Waals surface area contributed by atoms with E-state index in [-0.39, 0.29) is 5.75 Å². The SMILES string of the molecule is O=C(O)CSc1nc2cnccc2n1CCC1CCCC1. The second kappa shape index (κ2) is 6.47. The van der Waals surface area contributed by atoms with E-state index in [0.717, 1.165) is 35.1 Å². The third kappa shape index (κ3) is 3.37. The van der Waals surface area contributed by atoms with Crippen LogP contribution in [-0.2, 0) is 11.3 Å². The monoisotopic (exact) mass is 305 g/mol. The van der Waals surface area contributed by atoms with Crippen molar-refractivity contribution in [3.05, 3.63) is 18.5 Å². The second-order valence-electron chi connectivity index (χ2n) is 5.53. The number of nitrogens with zero attached hydrogens (tertiary/aromatic N) is 3. The van der Waals surface area contributed by atoms with Crippen LogP contribution in [0.1, 0.15) is 32.1 Å². The molecular formula is C15H19N3O2S. The Kier molecular flexibility index (Phi) is 4.43. The largest absolute Gasteiger partial charge is 0.481 e. The zero-order valence-electron chi connectivity index (χ0n) is 11.9. The molecule has 0 unspecified atom stereocenters. The maximum atomic E-state index is 10.8. The summed E-state index contributed by atoms with van der Waals surface area (Å²) in [5.41, 5.74) is 1.90. The van der Waals surface area contributed by atoms with Crippen LogP contribution in [0.15, 0.2) is 23.6 Å². The van der Waals surface area contributed by atoms with Gasteiger partial charge in [0.1, 0.15) is 5.52 Å². The molecule has 0 aromatic carbocycles. The van der Waals surface area contributed by atoms with Crippen LogP contribution in [0.25, 0.3) is 11.0 Å². The zero-order valence-corrected chi connectivity index (χ0v) is 12.7. The molecule has 2 heterocycles. The highest BCUT2D eigenvalue weighted by Gasteiger charge is 2.17. The lowest BCUT2D eigenvalue weighted by Gasteiger charge is -2.12. The molecule has 0 atom stereocenters. The second-order valence-corrected chi connectivity index (χ2v) is 6.47. The number of pyridine rings is 1. The number of aromatic nitrogens is 3. The summed E-state index contributed by atoms with van der Waals surface area (Å²) in [5, 5.41) is 9.66. The number of hydrogen-bond donors (Lipinski definition) is 1. The van der Waals surface area contributed by atoms with Crippen molar-refractivity contribution in [2.45, 2.75) is 43.8 Å². The summed E-state index contributed by atoms with van der Waals surface area (Å²) in [7, 11) is 0. The summed E-state index contributed by atoms with van der Waals surface area (Å²) in [6.07, 6.45) is 10.00. The van der Waals surface area contributed by atoms with E-state index in [9.17, 15) is 4.79 Å². The van der Waals surface area contributed by atoms with Crippen LogP contribution in [0.5, 0.6) is 0 Å². The summed E-state index contributed by atoms with van der Waals surface area (Å²) in [4.78, 5) is 19.4. The first-order valence-electron chi connectivity index (χ1n) is 7.39. The lowest BCUT2D eigenvalue weighted by Crippen LogP contribution is -2.06. The molecule has 6 heteroatoms. The first-order valence-corrected chi connectivity index (χ1v) is 8.37. The van der Waals surface area contributed by atoms with E-state index in [1.54, 1.807) is 12.4 Å². The quantitative estimate of drug-likeness (QED) is 0.830. The van der Waals surface area contributed by atoms with Gasteiger partial charge in [0.2, 0.25) is 0 Å². The number of carbonyl (C=O) groups is 1. The Morgan fingerprint density at radius 3 is 3.00 bits per heavy atom. The molecule has 1 fully saturated rings. The standard InChI is InChI=1S/C15H19N3O2S/c19-14(20)10-21-15-17-12-9-16-7-5-13(12)18(15)8-6-11-3-1-2-4-11/h5,7,9,11H,1-4,6,8,10H2,(H,19,20). The summed E-state index contributed by atoms with van der Waals surface area (Å²) in [6.45, 7) is 0.910. The van der Waals surface area contributed by atoms with Crippen molar-refractivity contribution >= 4 is 28.8 Å². The number of carboxylic acid groups (broad SMARTS) is 1. The Morgan fingerprint density at radius 2 is 2.24 bits per heavy atom. The van der Waals surface area contributed by atoms with Crippen LogP contribution in [0.4, 0.5) is 0 Å². The fourth-order valence-corrected chi connectivity index (χ4v) is 3.78. The molecule has 3 rings (SSSR count). The Bertz CT molecular complexity index is 635. The predicted octanol–water partition coefficient (Wildman–Crippen LogP) is 3.19. The average molecular weight is 305 g/mol. The van der Waals surface area contributed by atoms with Crippen LogP contribution in [-0.4, -0.2) is 31.4 Å². The summed E-state index contributed by atoms with van der Waals surface area (Å²) in [6, 6.07) is 1.96. The Morgan fingerprint density at radius 1 is 1.43 bits per heavy atom. The third-order valence-corrected chi connectivity index (χ3v) is 5.04. The first kappa shape index (κ1) is 14.4. The predicted molar refractivity (Wildman–Crippen MR) is 82.5 cm³/mol. The Hall–Kier alpha value is -1.56. The van der Waals surface area contributed by atoms with Gasteiger partial charge in [-0.15, -0.1) is 0 Å². The smallest absolute Gasteiger partial charge is 0.313 e. The van der Waals surface area contributed by atoms with Gasteiger partial charge in [0.05, 0.1) is 17.5 Å². The maximum Gasteiger partial charge on any atom is 0.313 e. The number of carboxylic acids is 1. The number of imidazole rings is 1. The third-order valence-electron chi connectivity index (χ3n) is 4.08.